The summed E-state index contributed by atoms with van der Waals surface area (Å²) in [7, 11) is 1.51. The van der Waals surface area contributed by atoms with Crippen LogP contribution in [0.1, 0.15) is 40.0 Å². The van der Waals surface area contributed by atoms with Gasteiger partial charge >= 0.3 is 0 Å². The molecule has 1 aromatic carbocycles. The third kappa shape index (κ3) is 4.29. The Bertz CT molecular complexity index is 943. The number of imide groups is 2. The summed E-state index contributed by atoms with van der Waals surface area (Å²) < 4.78 is 0. The lowest BCUT2D eigenvalue weighted by Crippen LogP contribution is -2.54. The SMILES string of the molecule is CNC(=O)CCNC(=O)CNc1ccc2c(c1)C(=O)N(C1CCC(=O)NC1=O)C2=O. The molecule has 0 aliphatic carbocycles. The third-order valence-electron chi connectivity index (χ3n) is 4.85. The Morgan fingerprint density at radius 1 is 1.10 bits per heavy atom. The van der Waals surface area contributed by atoms with E-state index < -0.39 is 29.7 Å². The summed E-state index contributed by atoms with van der Waals surface area (Å²) in [5, 5.41) is 10.0. The highest BCUT2D eigenvalue weighted by Gasteiger charge is 2.44. The average molecular weight is 415 g/mol. The number of fused-ring (bicyclic) bond motifs is 1. The topological polar surface area (TPSA) is 154 Å². The first-order chi connectivity index (χ1) is 14.3. The average Bonchev–Trinajstić information content (AvgIpc) is 2.96. The molecule has 1 aromatic rings. The highest BCUT2D eigenvalue weighted by atomic mass is 16.2. The van der Waals surface area contributed by atoms with Gasteiger partial charge < -0.3 is 16.0 Å². The van der Waals surface area contributed by atoms with Gasteiger partial charge in [-0.25, -0.2) is 0 Å². The van der Waals surface area contributed by atoms with Crippen molar-refractivity contribution in [3.8, 4) is 0 Å². The molecule has 11 heteroatoms. The Labute approximate surface area is 171 Å². The first kappa shape index (κ1) is 21.0. The normalized spacial score (nSPS) is 18.0. The smallest absolute Gasteiger partial charge is 0.262 e. The van der Waals surface area contributed by atoms with Crippen molar-refractivity contribution in [2.24, 2.45) is 0 Å². The number of amides is 6. The molecule has 0 bridgehead atoms. The molecule has 2 aliphatic rings. The summed E-state index contributed by atoms with van der Waals surface area (Å²) in [6, 6.07) is 3.42. The van der Waals surface area contributed by atoms with Crippen molar-refractivity contribution in [3.63, 3.8) is 0 Å². The van der Waals surface area contributed by atoms with E-state index in [0.29, 0.717) is 5.69 Å². The molecule has 3 rings (SSSR count). The van der Waals surface area contributed by atoms with Crippen LogP contribution in [0.4, 0.5) is 5.69 Å². The van der Waals surface area contributed by atoms with Gasteiger partial charge in [-0.3, -0.25) is 39.0 Å². The van der Waals surface area contributed by atoms with Gasteiger partial charge in [0, 0.05) is 32.1 Å². The van der Waals surface area contributed by atoms with Crippen LogP contribution in [0.15, 0.2) is 18.2 Å². The van der Waals surface area contributed by atoms with Crippen molar-refractivity contribution in [2.75, 3.05) is 25.5 Å². The van der Waals surface area contributed by atoms with E-state index >= 15 is 0 Å². The van der Waals surface area contributed by atoms with Crippen LogP contribution < -0.4 is 21.3 Å². The highest BCUT2D eigenvalue weighted by molar-refractivity contribution is 6.23. The van der Waals surface area contributed by atoms with Gasteiger partial charge in [-0.1, -0.05) is 0 Å². The maximum Gasteiger partial charge on any atom is 0.262 e. The van der Waals surface area contributed by atoms with E-state index in [9.17, 15) is 28.8 Å². The van der Waals surface area contributed by atoms with Crippen LogP contribution in [0.2, 0.25) is 0 Å². The molecule has 11 nitrogen and oxygen atoms in total. The highest BCUT2D eigenvalue weighted by Crippen LogP contribution is 2.29. The minimum Gasteiger partial charge on any atom is -0.376 e. The van der Waals surface area contributed by atoms with Gasteiger partial charge in [-0.05, 0) is 24.6 Å². The maximum atomic E-state index is 12.8. The summed E-state index contributed by atoms with van der Waals surface area (Å²) in [5.41, 5.74) is 0.724. The van der Waals surface area contributed by atoms with E-state index in [0.717, 1.165) is 4.90 Å². The zero-order valence-corrected chi connectivity index (χ0v) is 16.2. The van der Waals surface area contributed by atoms with E-state index in [1.54, 1.807) is 6.07 Å². The van der Waals surface area contributed by atoms with E-state index in [1.807, 2.05) is 0 Å². The number of hydrogen-bond donors (Lipinski definition) is 4. The number of benzene rings is 1. The molecule has 158 valence electrons. The fraction of sp³-hybridized carbons (Fsp3) is 0.368. The molecular weight excluding hydrogens is 394 g/mol. The fourth-order valence-corrected chi connectivity index (χ4v) is 3.27. The summed E-state index contributed by atoms with van der Waals surface area (Å²) in [6.45, 7) is 0.101. The van der Waals surface area contributed by atoms with Gasteiger partial charge in [0.15, 0.2) is 0 Å². The molecule has 2 aliphatic heterocycles. The Hall–Kier alpha value is -3.76. The molecule has 0 radical (unpaired) electrons. The largest absolute Gasteiger partial charge is 0.376 e. The van der Waals surface area contributed by atoms with Crippen molar-refractivity contribution in [2.45, 2.75) is 25.3 Å². The maximum absolute atomic E-state index is 12.8. The van der Waals surface area contributed by atoms with Crippen molar-refractivity contribution in [3.05, 3.63) is 29.3 Å². The number of hydrogen-bond acceptors (Lipinski definition) is 7. The molecule has 4 N–H and O–H groups in total. The number of carbonyl (C=O) groups excluding carboxylic acids is 6. The molecule has 1 unspecified atom stereocenters. The molecule has 1 fully saturated rings. The zero-order valence-electron chi connectivity index (χ0n) is 16.2. The minimum atomic E-state index is -1.03. The van der Waals surface area contributed by atoms with Crippen LogP contribution in [0, 0.1) is 0 Å². The molecule has 1 saturated heterocycles. The fourth-order valence-electron chi connectivity index (χ4n) is 3.27. The second-order valence-electron chi connectivity index (χ2n) is 6.83. The lowest BCUT2D eigenvalue weighted by Gasteiger charge is -2.27. The molecule has 1 atom stereocenters. The minimum absolute atomic E-state index is 0.0473. The van der Waals surface area contributed by atoms with Gasteiger partial charge in [-0.15, -0.1) is 0 Å². The van der Waals surface area contributed by atoms with Crippen molar-refractivity contribution in [1.29, 1.82) is 0 Å². The third-order valence-corrected chi connectivity index (χ3v) is 4.85. The summed E-state index contributed by atoms with van der Waals surface area (Å²) in [6.07, 6.45) is 0.289. The van der Waals surface area contributed by atoms with E-state index in [4.69, 9.17) is 0 Å². The Morgan fingerprint density at radius 3 is 2.53 bits per heavy atom. The quantitative estimate of drug-likeness (QED) is 0.406. The van der Waals surface area contributed by atoms with Crippen LogP contribution in [0.5, 0.6) is 0 Å². The second kappa shape index (κ2) is 8.72. The van der Waals surface area contributed by atoms with Crippen LogP contribution in [-0.4, -0.2) is 66.5 Å². The van der Waals surface area contributed by atoms with Gasteiger partial charge in [0.2, 0.25) is 23.6 Å². The standard InChI is InChI=1S/C19H21N5O6/c1-20-14(25)6-7-21-16(27)9-22-10-2-3-11-12(8-10)19(30)24(18(11)29)13-4-5-15(26)23-17(13)28/h2-3,8,13,22H,4-7,9H2,1H3,(H,20,25)(H,21,27)(H,23,26,28). The lowest BCUT2D eigenvalue weighted by atomic mass is 10.0. The van der Waals surface area contributed by atoms with Crippen LogP contribution >= 0.6 is 0 Å². The van der Waals surface area contributed by atoms with Gasteiger partial charge in [0.1, 0.15) is 6.04 Å². The van der Waals surface area contributed by atoms with Gasteiger partial charge in [-0.2, -0.15) is 0 Å². The molecule has 2 heterocycles. The van der Waals surface area contributed by atoms with E-state index in [-0.39, 0.29) is 55.3 Å². The molecule has 0 aromatic heterocycles. The van der Waals surface area contributed by atoms with E-state index in [2.05, 4.69) is 21.3 Å². The molecule has 0 saturated carbocycles. The molecule has 6 amide bonds. The Kier molecular flexibility index (Phi) is 6.09. The van der Waals surface area contributed by atoms with Crippen molar-refractivity contribution in [1.82, 2.24) is 20.9 Å². The first-order valence-electron chi connectivity index (χ1n) is 9.38. The van der Waals surface area contributed by atoms with Crippen molar-refractivity contribution < 1.29 is 28.8 Å². The lowest BCUT2D eigenvalue weighted by molar-refractivity contribution is -0.136. The molecule has 0 spiro atoms. The number of piperidine rings is 1. The number of nitrogens with one attached hydrogen (secondary N) is 4. The molecule has 30 heavy (non-hydrogen) atoms. The number of nitrogens with zero attached hydrogens (tertiary/aromatic N) is 1. The summed E-state index contributed by atoms with van der Waals surface area (Å²) in [5.74, 6) is -2.86. The molecular formula is C19H21N5O6. The summed E-state index contributed by atoms with van der Waals surface area (Å²) >= 11 is 0. The Morgan fingerprint density at radius 2 is 1.83 bits per heavy atom. The second-order valence-corrected chi connectivity index (χ2v) is 6.83. The monoisotopic (exact) mass is 415 g/mol. The van der Waals surface area contributed by atoms with Gasteiger partial charge in [0.05, 0.1) is 17.7 Å². The number of anilines is 1. The summed E-state index contributed by atoms with van der Waals surface area (Å²) in [4.78, 5) is 72.6. The number of carbonyl (C=O) groups is 6. The number of rotatable bonds is 7. The van der Waals surface area contributed by atoms with Gasteiger partial charge in [0.25, 0.3) is 11.8 Å². The zero-order chi connectivity index (χ0) is 21.8. The van der Waals surface area contributed by atoms with Crippen LogP contribution in [-0.2, 0) is 19.2 Å². The van der Waals surface area contributed by atoms with Crippen molar-refractivity contribution >= 4 is 41.1 Å². The van der Waals surface area contributed by atoms with Crippen LogP contribution in [0.3, 0.4) is 0 Å². The van der Waals surface area contributed by atoms with Crippen LogP contribution in [0.25, 0.3) is 0 Å². The van der Waals surface area contributed by atoms with E-state index in [1.165, 1.54) is 19.2 Å². The first-order valence-corrected chi connectivity index (χ1v) is 9.38. The predicted molar refractivity (Wildman–Crippen MR) is 103 cm³/mol. The Balaban J connectivity index is 1.62. The predicted octanol–water partition coefficient (Wildman–Crippen LogP) is -1.25.